The molecular weight excluding hydrogens is 230 g/mol. The fourth-order valence-electron chi connectivity index (χ4n) is 0.949. The molecule has 0 N–H and O–H groups in total. The zero-order valence-electron chi connectivity index (χ0n) is 7.26. The van der Waals surface area contributed by atoms with Crippen molar-refractivity contribution in [3.8, 4) is 5.75 Å². The van der Waals surface area contributed by atoms with E-state index in [9.17, 15) is 9.18 Å². The molecule has 0 aliphatic carbocycles. The van der Waals surface area contributed by atoms with Crippen molar-refractivity contribution in [3.63, 3.8) is 0 Å². The summed E-state index contributed by atoms with van der Waals surface area (Å²) in [5.41, 5.74) is 0.0943. The van der Waals surface area contributed by atoms with Crippen molar-refractivity contribution in [1.82, 2.24) is 0 Å². The predicted octanol–water partition coefficient (Wildman–Crippen LogP) is 2.82. The second-order valence-corrected chi connectivity index (χ2v) is 3.64. The molecule has 0 aliphatic rings. The van der Waals surface area contributed by atoms with Gasteiger partial charge in [0.1, 0.15) is 11.6 Å². The van der Waals surface area contributed by atoms with Gasteiger partial charge in [-0.25, -0.2) is 4.39 Å². The summed E-state index contributed by atoms with van der Waals surface area (Å²) in [7, 11) is 1.38. The molecular formula is C9H7Cl2FO2. The Morgan fingerprint density at radius 3 is 2.57 bits per heavy atom. The van der Waals surface area contributed by atoms with Gasteiger partial charge in [0.2, 0.25) is 0 Å². The van der Waals surface area contributed by atoms with Crippen LogP contribution in [0.25, 0.3) is 0 Å². The van der Waals surface area contributed by atoms with Crippen molar-refractivity contribution in [3.05, 3.63) is 29.6 Å². The van der Waals surface area contributed by atoms with Crippen molar-refractivity contribution >= 4 is 29.0 Å². The van der Waals surface area contributed by atoms with Crippen LogP contribution in [0.4, 0.5) is 4.39 Å². The topological polar surface area (TPSA) is 26.3 Å². The van der Waals surface area contributed by atoms with Crippen molar-refractivity contribution in [2.75, 3.05) is 7.11 Å². The third kappa shape index (κ3) is 2.59. The van der Waals surface area contributed by atoms with Gasteiger partial charge >= 0.3 is 0 Å². The highest BCUT2D eigenvalue weighted by molar-refractivity contribution is 6.55. The maximum Gasteiger partial charge on any atom is 0.195 e. The molecule has 14 heavy (non-hydrogen) atoms. The summed E-state index contributed by atoms with van der Waals surface area (Å²) in [6.07, 6.45) is 0. The molecule has 0 atom stereocenters. The normalized spacial score (nSPS) is 10.4. The fourth-order valence-corrected chi connectivity index (χ4v) is 1.20. The smallest absolute Gasteiger partial charge is 0.195 e. The second-order valence-electron chi connectivity index (χ2n) is 2.54. The van der Waals surface area contributed by atoms with Gasteiger partial charge in [0.25, 0.3) is 0 Å². The predicted molar refractivity (Wildman–Crippen MR) is 52.8 cm³/mol. The number of benzene rings is 1. The average Bonchev–Trinajstić information content (AvgIpc) is 2.15. The number of hydrogen-bond donors (Lipinski definition) is 0. The van der Waals surface area contributed by atoms with Crippen molar-refractivity contribution in [2.45, 2.75) is 4.84 Å². The summed E-state index contributed by atoms with van der Waals surface area (Å²) < 4.78 is 17.7. The van der Waals surface area contributed by atoms with Gasteiger partial charge in [0.15, 0.2) is 10.6 Å². The Balaban J connectivity index is 3.09. The monoisotopic (exact) mass is 236 g/mol. The lowest BCUT2D eigenvalue weighted by Crippen LogP contribution is -2.08. The van der Waals surface area contributed by atoms with Gasteiger partial charge < -0.3 is 4.74 Å². The van der Waals surface area contributed by atoms with Crippen LogP contribution >= 0.6 is 23.2 Å². The van der Waals surface area contributed by atoms with Crippen molar-refractivity contribution in [1.29, 1.82) is 0 Å². The molecule has 1 rings (SSSR count). The molecule has 1 aromatic rings. The van der Waals surface area contributed by atoms with Gasteiger partial charge in [-0.15, -0.1) is 0 Å². The standard InChI is InChI=1S/C9H7Cl2FO2/c1-14-7-3-5(2-6(12)4-7)8(13)9(10)11/h2-4,9H,1H3. The number of ether oxygens (including phenoxy) is 1. The summed E-state index contributed by atoms with van der Waals surface area (Å²) in [6, 6.07) is 3.60. The molecule has 0 fully saturated rings. The van der Waals surface area contributed by atoms with E-state index >= 15 is 0 Å². The first-order chi connectivity index (χ1) is 6.54. The van der Waals surface area contributed by atoms with Crippen LogP contribution in [0.1, 0.15) is 10.4 Å². The van der Waals surface area contributed by atoms with Gasteiger partial charge in [-0.05, 0) is 12.1 Å². The lowest BCUT2D eigenvalue weighted by Gasteiger charge is -2.04. The SMILES string of the molecule is COc1cc(F)cc(C(=O)C(Cl)Cl)c1. The Labute approximate surface area is 90.6 Å². The highest BCUT2D eigenvalue weighted by atomic mass is 35.5. The Bertz CT molecular complexity index is 353. The number of carbonyl (C=O) groups excluding carboxylic acids is 1. The minimum absolute atomic E-state index is 0.0943. The summed E-state index contributed by atoms with van der Waals surface area (Å²) >= 11 is 10.7. The third-order valence-electron chi connectivity index (χ3n) is 1.59. The van der Waals surface area contributed by atoms with E-state index in [1.165, 1.54) is 13.2 Å². The van der Waals surface area contributed by atoms with Crippen molar-refractivity contribution in [2.24, 2.45) is 0 Å². The number of alkyl halides is 2. The van der Waals surface area contributed by atoms with Crippen LogP contribution in [0.3, 0.4) is 0 Å². The Kier molecular flexibility index (Phi) is 3.72. The summed E-state index contributed by atoms with van der Waals surface area (Å²) in [5.74, 6) is -0.866. The lowest BCUT2D eigenvalue weighted by molar-refractivity contribution is 0.101. The first-order valence-electron chi connectivity index (χ1n) is 3.71. The van der Waals surface area contributed by atoms with Crippen LogP contribution in [0.5, 0.6) is 5.75 Å². The number of ketones is 1. The minimum atomic E-state index is -1.19. The van der Waals surface area contributed by atoms with E-state index in [0.717, 1.165) is 12.1 Å². The van der Waals surface area contributed by atoms with E-state index in [1.807, 2.05) is 0 Å². The first-order valence-corrected chi connectivity index (χ1v) is 4.59. The molecule has 0 radical (unpaired) electrons. The molecule has 2 nitrogen and oxygen atoms in total. The first kappa shape index (κ1) is 11.3. The van der Waals surface area contributed by atoms with Crippen LogP contribution in [0.15, 0.2) is 18.2 Å². The number of Topliss-reactive ketones (excluding diaryl/α,β-unsaturated/α-hetero) is 1. The van der Waals surface area contributed by atoms with E-state index in [2.05, 4.69) is 0 Å². The zero-order valence-corrected chi connectivity index (χ0v) is 8.77. The molecule has 0 bridgehead atoms. The van der Waals surface area contributed by atoms with Gasteiger partial charge in [0.05, 0.1) is 7.11 Å². The zero-order chi connectivity index (χ0) is 10.7. The van der Waals surface area contributed by atoms with Crippen molar-refractivity contribution < 1.29 is 13.9 Å². The van der Waals surface area contributed by atoms with E-state index in [0.29, 0.717) is 0 Å². The average molecular weight is 237 g/mol. The molecule has 5 heteroatoms. The van der Waals surface area contributed by atoms with Crippen LogP contribution in [0, 0.1) is 5.82 Å². The quantitative estimate of drug-likeness (QED) is 0.596. The largest absolute Gasteiger partial charge is 0.497 e. The van der Waals surface area contributed by atoms with Crippen LogP contribution in [-0.2, 0) is 0 Å². The summed E-state index contributed by atoms with van der Waals surface area (Å²) in [5, 5.41) is 0. The number of methoxy groups -OCH3 is 1. The van der Waals surface area contributed by atoms with E-state index < -0.39 is 16.4 Å². The highest BCUT2D eigenvalue weighted by Crippen LogP contribution is 2.19. The van der Waals surface area contributed by atoms with E-state index in [1.54, 1.807) is 0 Å². The molecule has 1 aromatic carbocycles. The van der Waals surface area contributed by atoms with Gasteiger partial charge in [-0.3, -0.25) is 4.79 Å². The molecule has 0 unspecified atom stereocenters. The van der Waals surface area contributed by atoms with Gasteiger partial charge in [0, 0.05) is 11.6 Å². The summed E-state index contributed by atoms with van der Waals surface area (Å²) in [4.78, 5) is 10.1. The number of carbonyl (C=O) groups is 1. The number of rotatable bonds is 3. The second kappa shape index (κ2) is 4.62. The Hall–Kier alpha value is -0.800. The lowest BCUT2D eigenvalue weighted by atomic mass is 10.1. The molecule has 0 heterocycles. The number of halogens is 3. The molecule has 0 spiro atoms. The van der Waals surface area contributed by atoms with E-state index in [4.69, 9.17) is 27.9 Å². The molecule has 76 valence electrons. The van der Waals surface area contributed by atoms with Gasteiger partial charge in [-0.1, -0.05) is 23.2 Å². The third-order valence-corrected chi connectivity index (χ3v) is 1.99. The molecule has 0 aromatic heterocycles. The highest BCUT2D eigenvalue weighted by Gasteiger charge is 2.16. The molecule has 0 saturated carbocycles. The van der Waals surface area contributed by atoms with Crippen LogP contribution in [0.2, 0.25) is 0 Å². The molecule has 0 aliphatic heterocycles. The number of hydrogen-bond acceptors (Lipinski definition) is 2. The maximum atomic E-state index is 12.9. The molecule has 0 saturated heterocycles. The van der Waals surface area contributed by atoms with E-state index in [-0.39, 0.29) is 11.3 Å². The summed E-state index contributed by atoms with van der Waals surface area (Å²) in [6.45, 7) is 0. The Morgan fingerprint density at radius 1 is 1.43 bits per heavy atom. The maximum absolute atomic E-state index is 12.9. The van der Waals surface area contributed by atoms with Crippen LogP contribution in [-0.4, -0.2) is 17.7 Å². The fraction of sp³-hybridized carbons (Fsp3) is 0.222. The Morgan fingerprint density at radius 2 is 2.07 bits per heavy atom. The van der Waals surface area contributed by atoms with Gasteiger partial charge in [-0.2, -0.15) is 0 Å². The molecule has 0 amide bonds. The van der Waals surface area contributed by atoms with Crippen LogP contribution < -0.4 is 4.74 Å². The minimum Gasteiger partial charge on any atom is -0.497 e.